The number of halogens is 2. The Balaban J connectivity index is 0.00000400. The smallest absolute Gasteiger partial charge is 0.255 e. The Labute approximate surface area is 140 Å². The van der Waals surface area contributed by atoms with E-state index in [0.29, 0.717) is 17.4 Å². The molecule has 1 rings (SSSR count). The number of primary amides is 1. The Morgan fingerprint density at radius 2 is 2.10 bits per heavy atom. The van der Waals surface area contributed by atoms with E-state index in [1.54, 1.807) is 7.11 Å². The van der Waals surface area contributed by atoms with Gasteiger partial charge in [0.1, 0.15) is 0 Å². The second-order valence-electron chi connectivity index (χ2n) is 4.89. The minimum Gasteiger partial charge on any atom is -0.493 e. The van der Waals surface area contributed by atoms with E-state index in [1.165, 1.54) is 0 Å². The van der Waals surface area contributed by atoms with E-state index in [9.17, 15) is 4.79 Å². The van der Waals surface area contributed by atoms with E-state index in [-0.39, 0.29) is 19.0 Å². The molecule has 21 heavy (non-hydrogen) atoms. The lowest BCUT2D eigenvalue weighted by atomic mass is 10.2. The molecule has 0 aliphatic carbocycles. The third-order valence-corrected chi connectivity index (χ3v) is 3.12. The normalized spacial score (nSPS) is 10.1. The molecular formula is C14H22BrClN2O3. The maximum Gasteiger partial charge on any atom is 0.255 e. The van der Waals surface area contributed by atoms with Crippen molar-refractivity contribution < 1.29 is 14.3 Å². The van der Waals surface area contributed by atoms with Crippen molar-refractivity contribution in [3.63, 3.8) is 0 Å². The molecule has 5 nitrogen and oxygen atoms in total. The van der Waals surface area contributed by atoms with Gasteiger partial charge in [0.25, 0.3) is 5.91 Å². The Bertz CT molecular complexity index is 470. The summed E-state index contributed by atoms with van der Waals surface area (Å²) < 4.78 is 11.4. The van der Waals surface area contributed by atoms with E-state index in [4.69, 9.17) is 15.2 Å². The van der Waals surface area contributed by atoms with Crippen LogP contribution in [0.2, 0.25) is 0 Å². The quantitative estimate of drug-likeness (QED) is 0.725. The highest BCUT2D eigenvalue weighted by Crippen LogP contribution is 2.36. The predicted molar refractivity (Wildman–Crippen MR) is 89.2 cm³/mol. The van der Waals surface area contributed by atoms with Crippen LogP contribution in [0.4, 0.5) is 0 Å². The molecule has 0 aliphatic heterocycles. The maximum absolute atomic E-state index is 10.8. The van der Waals surface area contributed by atoms with Crippen molar-refractivity contribution >= 4 is 34.2 Å². The van der Waals surface area contributed by atoms with Gasteiger partial charge in [0.2, 0.25) is 0 Å². The van der Waals surface area contributed by atoms with E-state index >= 15 is 0 Å². The first-order valence-corrected chi connectivity index (χ1v) is 7.21. The molecule has 7 heteroatoms. The minimum atomic E-state index is -0.526. The summed E-state index contributed by atoms with van der Waals surface area (Å²) in [5.74, 6) is 1.13. The summed E-state index contributed by atoms with van der Waals surface area (Å²) in [5.41, 5.74) is 6.15. The zero-order chi connectivity index (χ0) is 15.1. The molecular weight excluding hydrogens is 360 g/mol. The standard InChI is InChI=1S/C14H21BrN2O3.ClH/c1-9(2)6-17-7-10-4-11(15)14(12(5-10)19-3)20-8-13(16)18;/h4-5,9,17H,6-8H2,1-3H3,(H2,16,18);1H. The number of nitrogens with two attached hydrogens (primary N) is 1. The second-order valence-corrected chi connectivity index (χ2v) is 5.74. The number of rotatable bonds is 8. The van der Waals surface area contributed by atoms with E-state index in [1.807, 2.05) is 12.1 Å². The van der Waals surface area contributed by atoms with Gasteiger partial charge in [-0.15, -0.1) is 12.4 Å². The molecule has 0 aliphatic rings. The number of nitrogens with one attached hydrogen (secondary N) is 1. The number of carbonyl (C=O) groups excluding carboxylic acids is 1. The third kappa shape index (κ3) is 7.02. The molecule has 0 saturated carbocycles. The molecule has 0 heterocycles. The van der Waals surface area contributed by atoms with Gasteiger partial charge < -0.3 is 20.5 Å². The van der Waals surface area contributed by atoms with Crippen LogP contribution in [0.15, 0.2) is 16.6 Å². The molecule has 1 amide bonds. The van der Waals surface area contributed by atoms with Crippen LogP contribution in [0.25, 0.3) is 0 Å². The Kier molecular flexibility index (Phi) is 9.41. The monoisotopic (exact) mass is 380 g/mol. The van der Waals surface area contributed by atoms with Gasteiger partial charge >= 0.3 is 0 Å². The summed E-state index contributed by atoms with van der Waals surface area (Å²) in [4.78, 5) is 10.8. The zero-order valence-electron chi connectivity index (χ0n) is 12.4. The highest BCUT2D eigenvalue weighted by Gasteiger charge is 2.12. The topological polar surface area (TPSA) is 73.6 Å². The fraction of sp³-hybridized carbons (Fsp3) is 0.500. The van der Waals surface area contributed by atoms with Crippen molar-refractivity contribution in [3.05, 3.63) is 22.2 Å². The molecule has 0 atom stereocenters. The molecule has 0 saturated heterocycles. The van der Waals surface area contributed by atoms with Gasteiger partial charge in [0.15, 0.2) is 18.1 Å². The SMILES string of the molecule is COc1cc(CNCC(C)C)cc(Br)c1OCC(N)=O.Cl. The minimum absolute atomic E-state index is 0. The van der Waals surface area contributed by atoms with Gasteiger partial charge in [-0.05, 0) is 46.1 Å². The number of benzene rings is 1. The van der Waals surface area contributed by atoms with Gasteiger partial charge in [0, 0.05) is 6.54 Å². The van der Waals surface area contributed by atoms with Crippen molar-refractivity contribution in [1.82, 2.24) is 5.32 Å². The molecule has 3 N–H and O–H groups in total. The zero-order valence-corrected chi connectivity index (χ0v) is 14.8. The third-order valence-electron chi connectivity index (χ3n) is 2.53. The summed E-state index contributed by atoms with van der Waals surface area (Å²) in [5, 5.41) is 3.36. The van der Waals surface area contributed by atoms with Crippen LogP contribution in [0.5, 0.6) is 11.5 Å². The number of carbonyl (C=O) groups is 1. The molecule has 0 bridgehead atoms. The highest BCUT2D eigenvalue weighted by atomic mass is 79.9. The first-order chi connectivity index (χ1) is 9.43. The molecule has 0 radical (unpaired) electrons. The van der Waals surface area contributed by atoms with Gasteiger partial charge in [-0.25, -0.2) is 0 Å². The van der Waals surface area contributed by atoms with Crippen LogP contribution in [0.3, 0.4) is 0 Å². The lowest BCUT2D eigenvalue weighted by Crippen LogP contribution is -2.21. The van der Waals surface area contributed by atoms with Gasteiger partial charge in [-0.3, -0.25) is 4.79 Å². The van der Waals surface area contributed by atoms with Gasteiger partial charge in [0.05, 0.1) is 11.6 Å². The van der Waals surface area contributed by atoms with E-state index in [0.717, 1.165) is 23.1 Å². The lowest BCUT2D eigenvalue weighted by molar-refractivity contribution is -0.119. The van der Waals surface area contributed by atoms with Crippen molar-refractivity contribution in [2.24, 2.45) is 11.7 Å². The van der Waals surface area contributed by atoms with Gasteiger partial charge in [-0.2, -0.15) is 0 Å². The van der Waals surface area contributed by atoms with E-state index in [2.05, 4.69) is 35.1 Å². The Morgan fingerprint density at radius 3 is 2.62 bits per heavy atom. The Morgan fingerprint density at radius 1 is 1.43 bits per heavy atom. The average Bonchev–Trinajstić information content (AvgIpc) is 2.36. The van der Waals surface area contributed by atoms with Crippen LogP contribution >= 0.6 is 28.3 Å². The average molecular weight is 382 g/mol. The lowest BCUT2D eigenvalue weighted by Gasteiger charge is -2.14. The number of amides is 1. The maximum atomic E-state index is 10.8. The van der Waals surface area contributed by atoms with Crippen molar-refractivity contribution in [3.8, 4) is 11.5 Å². The summed E-state index contributed by atoms with van der Waals surface area (Å²) in [7, 11) is 1.56. The van der Waals surface area contributed by atoms with Crippen LogP contribution in [-0.4, -0.2) is 26.2 Å². The molecule has 0 fully saturated rings. The molecule has 0 spiro atoms. The highest BCUT2D eigenvalue weighted by molar-refractivity contribution is 9.10. The number of ether oxygens (including phenoxy) is 2. The van der Waals surface area contributed by atoms with Gasteiger partial charge in [-0.1, -0.05) is 13.8 Å². The van der Waals surface area contributed by atoms with Crippen LogP contribution in [-0.2, 0) is 11.3 Å². The molecule has 0 unspecified atom stereocenters. The molecule has 0 aromatic heterocycles. The van der Waals surface area contributed by atoms with Crippen molar-refractivity contribution in [1.29, 1.82) is 0 Å². The first-order valence-electron chi connectivity index (χ1n) is 6.42. The second kappa shape index (κ2) is 9.87. The molecule has 1 aromatic carbocycles. The Hall–Kier alpha value is -0.980. The number of methoxy groups -OCH3 is 1. The fourth-order valence-electron chi connectivity index (χ4n) is 1.66. The van der Waals surface area contributed by atoms with Crippen LogP contribution < -0.4 is 20.5 Å². The fourth-order valence-corrected chi connectivity index (χ4v) is 2.27. The van der Waals surface area contributed by atoms with Crippen molar-refractivity contribution in [2.75, 3.05) is 20.3 Å². The summed E-state index contributed by atoms with van der Waals surface area (Å²) in [6, 6.07) is 3.82. The largest absolute Gasteiger partial charge is 0.493 e. The molecule has 1 aromatic rings. The number of hydrogen-bond donors (Lipinski definition) is 2. The van der Waals surface area contributed by atoms with Crippen LogP contribution in [0, 0.1) is 5.92 Å². The van der Waals surface area contributed by atoms with Crippen molar-refractivity contribution in [2.45, 2.75) is 20.4 Å². The van der Waals surface area contributed by atoms with Crippen LogP contribution in [0.1, 0.15) is 19.4 Å². The number of hydrogen-bond acceptors (Lipinski definition) is 4. The molecule has 120 valence electrons. The summed E-state index contributed by atoms with van der Waals surface area (Å²) in [6.45, 7) is 5.82. The predicted octanol–water partition coefficient (Wildman–Crippen LogP) is 2.49. The summed E-state index contributed by atoms with van der Waals surface area (Å²) >= 11 is 3.42. The summed E-state index contributed by atoms with van der Waals surface area (Å²) in [6.07, 6.45) is 0. The van der Waals surface area contributed by atoms with E-state index < -0.39 is 5.91 Å². The first kappa shape index (κ1) is 20.0.